The summed E-state index contributed by atoms with van der Waals surface area (Å²) in [4.78, 5) is 3.99. The van der Waals surface area contributed by atoms with Crippen molar-refractivity contribution >= 4 is 27.8 Å². The van der Waals surface area contributed by atoms with Crippen LogP contribution in [0.1, 0.15) is 6.92 Å². The molecule has 0 fully saturated rings. The van der Waals surface area contributed by atoms with Gasteiger partial charge in [0.1, 0.15) is 5.82 Å². The smallest absolute Gasteiger partial charge is 0.137 e. The number of nitrogens with zero attached hydrogens (tertiary/aromatic N) is 1. The number of aliphatic imine (C=N–C) groups is 1. The van der Waals surface area contributed by atoms with Gasteiger partial charge in [-0.3, -0.25) is 4.99 Å². The number of hydrogen-bond donors (Lipinski definition) is 0. The molecule has 0 N–H and O–H groups in total. The Kier molecular flexibility index (Phi) is 2.76. The van der Waals surface area contributed by atoms with Crippen molar-refractivity contribution in [2.75, 3.05) is 0 Å². The molecule has 0 aromatic heterocycles. The van der Waals surface area contributed by atoms with Crippen LogP contribution in [0, 0.1) is 5.82 Å². The second-order valence-electron chi connectivity index (χ2n) is 1.99. The third kappa shape index (κ3) is 2.12. The van der Waals surface area contributed by atoms with Gasteiger partial charge < -0.3 is 0 Å². The van der Waals surface area contributed by atoms with Crippen LogP contribution in [-0.4, -0.2) is 6.21 Å². The summed E-state index contributed by atoms with van der Waals surface area (Å²) in [5.74, 6) is -0.264. The van der Waals surface area contributed by atoms with Crippen molar-refractivity contribution in [1.82, 2.24) is 0 Å². The summed E-state index contributed by atoms with van der Waals surface area (Å²) >= 11 is 3.07. The zero-order chi connectivity index (χ0) is 8.27. The number of benzene rings is 1. The van der Waals surface area contributed by atoms with Gasteiger partial charge in [-0.05, 0) is 41.1 Å². The molecule has 0 heterocycles. The summed E-state index contributed by atoms with van der Waals surface area (Å²) in [6.45, 7) is 1.82. The van der Waals surface area contributed by atoms with Gasteiger partial charge in [-0.2, -0.15) is 0 Å². The average molecular weight is 216 g/mol. The summed E-state index contributed by atoms with van der Waals surface area (Å²) in [6, 6.07) is 4.64. The molecule has 1 nitrogen and oxygen atoms in total. The zero-order valence-corrected chi connectivity index (χ0v) is 7.60. The Hall–Kier alpha value is -0.700. The molecule has 58 valence electrons. The van der Waals surface area contributed by atoms with Crippen LogP contribution in [0.4, 0.5) is 10.1 Å². The minimum atomic E-state index is -0.264. The van der Waals surface area contributed by atoms with Crippen molar-refractivity contribution in [3.8, 4) is 0 Å². The molecular formula is C8H7BrFN. The molecule has 0 amide bonds. The van der Waals surface area contributed by atoms with E-state index in [1.807, 2.05) is 6.92 Å². The van der Waals surface area contributed by atoms with E-state index in [1.54, 1.807) is 18.3 Å². The van der Waals surface area contributed by atoms with Gasteiger partial charge in [-0.25, -0.2) is 4.39 Å². The minimum absolute atomic E-state index is 0.264. The first-order chi connectivity index (χ1) is 5.24. The van der Waals surface area contributed by atoms with E-state index < -0.39 is 0 Å². The van der Waals surface area contributed by atoms with Gasteiger partial charge in [0.05, 0.1) is 10.2 Å². The summed E-state index contributed by atoms with van der Waals surface area (Å²) in [5, 5.41) is 0. The Morgan fingerprint density at radius 2 is 2.27 bits per heavy atom. The quantitative estimate of drug-likeness (QED) is 0.638. The third-order valence-corrected chi connectivity index (χ3v) is 1.79. The van der Waals surface area contributed by atoms with Gasteiger partial charge in [0.25, 0.3) is 0 Å². The highest BCUT2D eigenvalue weighted by atomic mass is 79.9. The first-order valence-corrected chi connectivity index (χ1v) is 3.97. The molecule has 0 saturated carbocycles. The van der Waals surface area contributed by atoms with E-state index in [0.717, 1.165) is 5.69 Å². The van der Waals surface area contributed by atoms with Crippen molar-refractivity contribution in [2.24, 2.45) is 4.99 Å². The van der Waals surface area contributed by atoms with Gasteiger partial charge in [0, 0.05) is 6.21 Å². The second kappa shape index (κ2) is 3.62. The van der Waals surface area contributed by atoms with Crippen LogP contribution in [0.3, 0.4) is 0 Å². The van der Waals surface area contributed by atoms with E-state index in [9.17, 15) is 4.39 Å². The van der Waals surface area contributed by atoms with Crippen LogP contribution in [0.5, 0.6) is 0 Å². The number of hydrogen-bond acceptors (Lipinski definition) is 1. The molecule has 0 spiro atoms. The lowest BCUT2D eigenvalue weighted by molar-refractivity contribution is 0.621. The average Bonchev–Trinajstić information content (AvgIpc) is 1.98. The van der Waals surface area contributed by atoms with Crippen molar-refractivity contribution in [3.63, 3.8) is 0 Å². The Morgan fingerprint density at radius 3 is 2.82 bits per heavy atom. The largest absolute Gasteiger partial charge is 0.262 e. The Balaban J connectivity index is 3.05. The standard InChI is InChI=1S/C8H7BrFN/c1-2-11-6-3-4-8(10)7(9)5-6/h2-5H,1H3. The normalized spacial score (nSPS) is 10.8. The summed E-state index contributed by atoms with van der Waals surface area (Å²) < 4.78 is 13.1. The van der Waals surface area contributed by atoms with Crippen molar-refractivity contribution in [2.45, 2.75) is 6.92 Å². The molecular weight excluding hydrogens is 209 g/mol. The molecule has 0 saturated heterocycles. The van der Waals surface area contributed by atoms with E-state index in [-0.39, 0.29) is 5.82 Å². The Labute approximate surface area is 73.1 Å². The summed E-state index contributed by atoms with van der Waals surface area (Å²) in [7, 11) is 0. The van der Waals surface area contributed by atoms with Gasteiger partial charge in [0.2, 0.25) is 0 Å². The number of rotatable bonds is 1. The third-order valence-electron chi connectivity index (χ3n) is 1.18. The van der Waals surface area contributed by atoms with Crippen molar-refractivity contribution in [3.05, 3.63) is 28.5 Å². The van der Waals surface area contributed by atoms with Gasteiger partial charge in [-0.1, -0.05) is 0 Å². The van der Waals surface area contributed by atoms with E-state index in [0.29, 0.717) is 4.47 Å². The molecule has 3 heteroatoms. The van der Waals surface area contributed by atoms with Crippen LogP contribution < -0.4 is 0 Å². The topological polar surface area (TPSA) is 12.4 Å². The van der Waals surface area contributed by atoms with Crippen LogP contribution in [0.2, 0.25) is 0 Å². The fraction of sp³-hybridized carbons (Fsp3) is 0.125. The fourth-order valence-corrected chi connectivity index (χ4v) is 1.08. The molecule has 0 aliphatic carbocycles. The second-order valence-corrected chi connectivity index (χ2v) is 2.84. The van der Waals surface area contributed by atoms with E-state index in [4.69, 9.17) is 0 Å². The van der Waals surface area contributed by atoms with Gasteiger partial charge in [-0.15, -0.1) is 0 Å². The molecule has 0 bridgehead atoms. The molecule has 0 atom stereocenters. The molecule has 1 aromatic carbocycles. The summed E-state index contributed by atoms with van der Waals surface area (Å²) in [6.07, 6.45) is 1.67. The predicted octanol–water partition coefficient (Wildman–Crippen LogP) is 3.31. The van der Waals surface area contributed by atoms with E-state index in [2.05, 4.69) is 20.9 Å². The van der Waals surface area contributed by atoms with Crippen LogP contribution in [0.25, 0.3) is 0 Å². The monoisotopic (exact) mass is 215 g/mol. The first-order valence-electron chi connectivity index (χ1n) is 3.18. The zero-order valence-electron chi connectivity index (χ0n) is 6.01. The lowest BCUT2D eigenvalue weighted by Crippen LogP contribution is -1.74. The Bertz CT molecular complexity index is 283. The van der Waals surface area contributed by atoms with Crippen LogP contribution in [-0.2, 0) is 0 Å². The SMILES string of the molecule is CC=Nc1ccc(F)c(Br)c1. The maximum atomic E-state index is 12.6. The molecule has 1 aromatic rings. The maximum Gasteiger partial charge on any atom is 0.137 e. The lowest BCUT2D eigenvalue weighted by atomic mass is 10.3. The molecule has 0 aliphatic heterocycles. The fourth-order valence-electron chi connectivity index (χ4n) is 0.714. The summed E-state index contributed by atoms with van der Waals surface area (Å²) in [5.41, 5.74) is 0.751. The molecule has 11 heavy (non-hydrogen) atoms. The van der Waals surface area contributed by atoms with E-state index in [1.165, 1.54) is 6.07 Å². The molecule has 0 unspecified atom stereocenters. The van der Waals surface area contributed by atoms with Gasteiger partial charge >= 0.3 is 0 Å². The van der Waals surface area contributed by atoms with Crippen molar-refractivity contribution in [1.29, 1.82) is 0 Å². The number of halogens is 2. The molecule has 1 rings (SSSR count). The first kappa shape index (κ1) is 8.40. The highest BCUT2D eigenvalue weighted by molar-refractivity contribution is 9.10. The Morgan fingerprint density at radius 1 is 1.55 bits per heavy atom. The maximum absolute atomic E-state index is 12.6. The lowest BCUT2D eigenvalue weighted by Gasteiger charge is -1.94. The highest BCUT2D eigenvalue weighted by Crippen LogP contribution is 2.21. The van der Waals surface area contributed by atoms with E-state index >= 15 is 0 Å². The van der Waals surface area contributed by atoms with Crippen LogP contribution in [0.15, 0.2) is 27.7 Å². The predicted molar refractivity (Wildman–Crippen MR) is 47.9 cm³/mol. The minimum Gasteiger partial charge on any atom is -0.262 e. The van der Waals surface area contributed by atoms with Crippen molar-refractivity contribution < 1.29 is 4.39 Å². The molecule has 0 radical (unpaired) electrons. The molecule has 0 aliphatic rings. The van der Waals surface area contributed by atoms with Gasteiger partial charge in [0.15, 0.2) is 0 Å². The van der Waals surface area contributed by atoms with Crippen LogP contribution >= 0.6 is 15.9 Å². The highest BCUT2D eigenvalue weighted by Gasteiger charge is 1.97.